The lowest BCUT2D eigenvalue weighted by Gasteiger charge is -2.13. The van der Waals surface area contributed by atoms with Gasteiger partial charge in [0, 0.05) is 12.4 Å². The van der Waals surface area contributed by atoms with E-state index >= 15 is 0 Å². The van der Waals surface area contributed by atoms with Crippen molar-refractivity contribution in [2.75, 3.05) is 18.6 Å². The van der Waals surface area contributed by atoms with E-state index in [-0.39, 0.29) is 6.61 Å². The van der Waals surface area contributed by atoms with Crippen LogP contribution in [0.15, 0.2) is 47.3 Å². The molecule has 5 heteroatoms. The molecule has 0 spiro atoms. The molecule has 0 aliphatic heterocycles. The molecule has 0 amide bonds. The highest BCUT2D eigenvalue weighted by molar-refractivity contribution is 4.96. The van der Waals surface area contributed by atoms with E-state index in [0.29, 0.717) is 13.2 Å². The number of nitrogens with zero attached hydrogens (tertiary/aromatic N) is 1. The quantitative estimate of drug-likeness (QED) is 0.758. The largest absolute Gasteiger partial charge is 0.467 e. The summed E-state index contributed by atoms with van der Waals surface area (Å²) < 4.78 is 12.2. The molecule has 2 rings (SSSR count). The molecular weight excluding hydrogens is 220 g/mol. The Morgan fingerprint density at radius 1 is 1.35 bits per heavy atom. The fourth-order valence-corrected chi connectivity index (χ4v) is 1.40. The number of ether oxygens (including phenoxy) is 1. The summed E-state index contributed by atoms with van der Waals surface area (Å²) in [4.78, 5) is 0. The van der Waals surface area contributed by atoms with Crippen LogP contribution in [0.1, 0.15) is 5.76 Å². The number of furan rings is 1. The molecule has 0 saturated carbocycles. The topological polar surface area (TPSA) is 59.6 Å². The van der Waals surface area contributed by atoms with Crippen molar-refractivity contribution in [1.82, 2.24) is 4.68 Å². The Hall–Kier alpha value is -1.72. The standard InChI is InChI=1S/C12H16N2O3/c15-11(8-13-14-5-1-2-6-14)9-16-10-12-4-3-7-17-12/h1-7,11,13,15H,8-10H2. The molecule has 2 aromatic rings. The molecule has 2 N–H and O–H groups in total. The van der Waals surface area contributed by atoms with Crippen molar-refractivity contribution in [2.45, 2.75) is 12.7 Å². The zero-order valence-corrected chi connectivity index (χ0v) is 9.45. The lowest BCUT2D eigenvalue weighted by atomic mass is 10.4. The van der Waals surface area contributed by atoms with Crippen molar-refractivity contribution >= 4 is 0 Å². The van der Waals surface area contributed by atoms with E-state index in [1.54, 1.807) is 10.9 Å². The first-order valence-electron chi connectivity index (χ1n) is 5.49. The molecule has 0 aliphatic rings. The Balaban J connectivity index is 1.59. The van der Waals surface area contributed by atoms with E-state index in [9.17, 15) is 5.11 Å². The first-order chi connectivity index (χ1) is 8.34. The summed E-state index contributed by atoms with van der Waals surface area (Å²) in [6.07, 6.45) is 4.79. The summed E-state index contributed by atoms with van der Waals surface area (Å²) in [6, 6.07) is 7.47. The Morgan fingerprint density at radius 3 is 2.88 bits per heavy atom. The molecule has 2 aromatic heterocycles. The smallest absolute Gasteiger partial charge is 0.129 e. The van der Waals surface area contributed by atoms with E-state index in [2.05, 4.69) is 5.43 Å². The molecule has 0 aromatic carbocycles. The van der Waals surface area contributed by atoms with Crippen molar-refractivity contribution in [2.24, 2.45) is 0 Å². The molecule has 0 bridgehead atoms. The van der Waals surface area contributed by atoms with Crippen molar-refractivity contribution in [1.29, 1.82) is 0 Å². The lowest BCUT2D eigenvalue weighted by Crippen LogP contribution is -2.28. The highest BCUT2D eigenvalue weighted by Crippen LogP contribution is 2.01. The van der Waals surface area contributed by atoms with Gasteiger partial charge in [0.1, 0.15) is 12.4 Å². The predicted molar refractivity (Wildman–Crippen MR) is 63.0 cm³/mol. The van der Waals surface area contributed by atoms with Crippen LogP contribution in [-0.2, 0) is 11.3 Å². The van der Waals surface area contributed by atoms with Crippen LogP contribution in [0.3, 0.4) is 0 Å². The molecular formula is C12H16N2O3. The highest BCUT2D eigenvalue weighted by atomic mass is 16.5. The fourth-order valence-electron chi connectivity index (χ4n) is 1.40. The van der Waals surface area contributed by atoms with Crippen molar-refractivity contribution in [3.63, 3.8) is 0 Å². The van der Waals surface area contributed by atoms with Gasteiger partial charge in [-0.05, 0) is 24.3 Å². The van der Waals surface area contributed by atoms with Crippen LogP contribution in [0.25, 0.3) is 0 Å². The van der Waals surface area contributed by atoms with Crippen molar-refractivity contribution in [3.05, 3.63) is 48.7 Å². The maximum atomic E-state index is 9.65. The second kappa shape index (κ2) is 6.12. The Morgan fingerprint density at radius 2 is 2.18 bits per heavy atom. The van der Waals surface area contributed by atoms with Gasteiger partial charge in [0.05, 0.1) is 25.5 Å². The molecule has 0 aliphatic carbocycles. The number of aliphatic hydroxyl groups is 1. The Labute approximate surface area is 99.6 Å². The van der Waals surface area contributed by atoms with E-state index in [1.807, 2.05) is 36.7 Å². The number of aliphatic hydroxyl groups excluding tert-OH is 1. The highest BCUT2D eigenvalue weighted by Gasteiger charge is 2.04. The van der Waals surface area contributed by atoms with Gasteiger partial charge in [0.15, 0.2) is 0 Å². The van der Waals surface area contributed by atoms with E-state index in [0.717, 1.165) is 5.76 Å². The van der Waals surface area contributed by atoms with Crippen molar-refractivity contribution < 1.29 is 14.3 Å². The summed E-state index contributed by atoms with van der Waals surface area (Å²) in [7, 11) is 0. The third-order valence-corrected chi connectivity index (χ3v) is 2.25. The second-order valence-corrected chi connectivity index (χ2v) is 3.70. The maximum Gasteiger partial charge on any atom is 0.129 e. The summed E-state index contributed by atoms with van der Waals surface area (Å²) in [5.74, 6) is 0.760. The lowest BCUT2D eigenvalue weighted by molar-refractivity contribution is 0.0272. The van der Waals surface area contributed by atoms with Crippen LogP contribution in [0.2, 0.25) is 0 Å². The minimum atomic E-state index is -0.549. The molecule has 0 fully saturated rings. The van der Waals surface area contributed by atoms with Crippen LogP contribution < -0.4 is 5.43 Å². The number of rotatable bonds is 7. The number of hydrogen-bond acceptors (Lipinski definition) is 4. The maximum absolute atomic E-state index is 9.65. The summed E-state index contributed by atoms with van der Waals surface area (Å²) in [6.45, 7) is 1.09. The second-order valence-electron chi connectivity index (χ2n) is 3.70. The van der Waals surface area contributed by atoms with E-state index < -0.39 is 6.10 Å². The van der Waals surface area contributed by atoms with Gasteiger partial charge in [-0.3, -0.25) is 4.68 Å². The molecule has 0 saturated heterocycles. The first kappa shape index (κ1) is 11.8. The summed E-state index contributed by atoms with van der Waals surface area (Å²) >= 11 is 0. The average Bonchev–Trinajstić information content (AvgIpc) is 2.99. The summed E-state index contributed by atoms with van der Waals surface area (Å²) in [5, 5.41) is 9.65. The Bertz CT molecular complexity index is 397. The third-order valence-electron chi connectivity index (χ3n) is 2.25. The van der Waals surface area contributed by atoms with Crippen LogP contribution in [0, 0.1) is 0 Å². The van der Waals surface area contributed by atoms with Gasteiger partial charge >= 0.3 is 0 Å². The third kappa shape index (κ3) is 3.97. The van der Waals surface area contributed by atoms with Crippen LogP contribution >= 0.6 is 0 Å². The zero-order chi connectivity index (χ0) is 11.9. The predicted octanol–water partition coefficient (Wildman–Crippen LogP) is 1.20. The summed E-state index contributed by atoms with van der Waals surface area (Å²) in [5.41, 5.74) is 3.03. The SMILES string of the molecule is OC(CNn1cccc1)COCc1ccco1. The molecule has 1 atom stereocenters. The number of hydrogen-bond donors (Lipinski definition) is 2. The number of nitrogens with one attached hydrogen (secondary N) is 1. The average molecular weight is 236 g/mol. The van der Waals surface area contributed by atoms with Crippen molar-refractivity contribution in [3.8, 4) is 0 Å². The molecule has 1 unspecified atom stereocenters. The fraction of sp³-hybridized carbons (Fsp3) is 0.333. The molecule has 17 heavy (non-hydrogen) atoms. The van der Waals surface area contributed by atoms with E-state index in [1.165, 1.54) is 0 Å². The van der Waals surface area contributed by atoms with Crippen LogP contribution in [-0.4, -0.2) is 29.0 Å². The van der Waals surface area contributed by atoms with Gasteiger partial charge in [0.2, 0.25) is 0 Å². The minimum Gasteiger partial charge on any atom is -0.467 e. The minimum absolute atomic E-state index is 0.273. The zero-order valence-electron chi connectivity index (χ0n) is 9.45. The van der Waals surface area contributed by atoms with Gasteiger partial charge < -0.3 is 19.7 Å². The molecule has 5 nitrogen and oxygen atoms in total. The van der Waals surface area contributed by atoms with Gasteiger partial charge in [-0.1, -0.05) is 0 Å². The normalized spacial score (nSPS) is 12.5. The first-order valence-corrected chi connectivity index (χ1v) is 5.49. The Kier molecular flexibility index (Phi) is 4.23. The molecule has 92 valence electrons. The van der Waals surface area contributed by atoms with Crippen LogP contribution in [0.4, 0.5) is 0 Å². The van der Waals surface area contributed by atoms with Crippen LogP contribution in [0.5, 0.6) is 0 Å². The van der Waals surface area contributed by atoms with Gasteiger partial charge in [-0.15, -0.1) is 0 Å². The van der Waals surface area contributed by atoms with Gasteiger partial charge in [-0.2, -0.15) is 0 Å². The van der Waals surface area contributed by atoms with E-state index in [4.69, 9.17) is 9.15 Å². The molecule has 0 radical (unpaired) electrons. The van der Waals surface area contributed by atoms with Gasteiger partial charge in [-0.25, -0.2) is 0 Å². The van der Waals surface area contributed by atoms with Gasteiger partial charge in [0.25, 0.3) is 0 Å². The molecule has 2 heterocycles. The monoisotopic (exact) mass is 236 g/mol. The number of aromatic nitrogens is 1.